The summed E-state index contributed by atoms with van der Waals surface area (Å²) in [7, 11) is 1.33. The van der Waals surface area contributed by atoms with Crippen molar-refractivity contribution in [3.05, 3.63) is 41.5 Å². The lowest BCUT2D eigenvalue weighted by molar-refractivity contribution is 0.0848. The molecule has 0 radical (unpaired) electrons. The van der Waals surface area contributed by atoms with Gasteiger partial charge in [0.2, 0.25) is 5.75 Å². The number of hydrogen-bond acceptors (Lipinski definition) is 6. The minimum absolute atomic E-state index is 0.00566. The van der Waals surface area contributed by atoms with Crippen LogP contribution in [0.4, 0.5) is 0 Å². The molecule has 0 unspecified atom stereocenters. The second kappa shape index (κ2) is 5.14. The van der Waals surface area contributed by atoms with Crippen molar-refractivity contribution in [1.82, 2.24) is 0 Å². The second-order valence-corrected chi connectivity index (χ2v) is 5.01. The van der Waals surface area contributed by atoms with Gasteiger partial charge < -0.3 is 24.8 Å². The molecule has 0 saturated heterocycles. The normalized spacial score (nSPS) is 16.8. The smallest absolute Gasteiger partial charge is 0.202 e. The molecule has 3 rings (SSSR count). The first-order valence-corrected chi connectivity index (χ1v) is 6.62. The molecule has 0 fully saturated rings. The number of carbonyl (C=O) groups is 1. The Morgan fingerprint density at radius 2 is 1.82 bits per heavy atom. The van der Waals surface area contributed by atoms with Crippen molar-refractivity contribution in [2.45, 2.75) is 12.5 Å². The molecule has 0 bridgehead atoms. The number of phenolic OH excluding ortho intramolecular Hbond substituents is 3. The van der Waals surface area contributed by atoms with E-state index in [1.807, 2.05) is 0 Å². The Bertz CT molecular complexity index is 729. The minimum atomic E-state index is -0.632. The molecule has 0 spiro atoms. The number of phenols is 3. The predicted molar refractivity (Wildman–Crippen MR) is 76.7 cm³/mol. The zero-order valence-corrected chi connectivity index (χ0v) is 11.7. The van der Waals surface area contributed by atoms with Crippen LogP contribution in [0.2, 0.25) is 0 Å². The molecule has 2 aromatic rings. The van der Waals surface area contributed by atoms with Gasteiger partial charge in [-0.05, 0) is 30.3 Å². The fraction of sp³-hybridized carbons (Fsp3) is 0.188. The van der Waals surface area contributed by atoms with E-state index in [9.17, 15) is 20.1 Å². The van der Waals surface area contributed by atoms with Gasteiger partial charge in [-0.2, -0.15) is 0 Å². The highest BCUT2D eigenvalue weighted by molar-refractivity contribution is 6.00. The van der Waals surface area contributed by atoms with E-state index in [0.717, 1.165) is 0 Å². The molecule has 1 aliphatic rings. The first-order valence-electron chi connectivity index (χ1n) is 6.62. The van der Waals surface area contributed by atoms with Crippen molar-refractivity contribution in [1.29, 1.82) is 0 Å². The molecule has 3 N–H and O–H groups in total. The van der Waals surface area contributed by atoms with E-state index in [1.54, 1.807) is 0 Å². The van der Waals surface area contributed by atoms with Crippen LogP contribution in [0.15, 0.2) is 30.3 Å². The average molecular weight is 302 g/mol. The number of carbonyl (C=O) groups excluding carboxylic acids is 1. The number of methoxy groups -OCH3 is 1. The number of aromatic hydroxyl groups is 3. The van der Waals surface area contributed by atoms with Crippen LogP contribution in [0, 0.1) is 0 Å². The lowest BCUT2D eigenvalue weighted by Gasteiger charge is -2.26. The maximum absolute atomic E-state index is 12.2. The van der Waals surface area contributed by atoms with Crippen molar-refractivity contribution >= 4 is 5.78 Å². The van der Waals surface area contributed by atoms with E-state index in [2.05, 4.69) is 0 Å². The zero-order chi connectivity index (χ0) is 15.9. The number of rotatable bonds is 2. The lowest BCUT2D eigenvalue weighted by Crippen LogP contribution is -2.20. The van der Waals surface area contributed by atoms with Crippen LogP contribution in [-0.4, -0.2) is 28.2 Å². The third-order valence-electron chi connectivity index (χ3n) is 3.55. The summed E-state index contributed by atoms with van der Waals surface area (Å²) in [6.45, 7) is 0. The molecule has 1 atom stereocenters. The van der Waals surface area contributed by atoms with Crippen LogP contribution in [0.1, 0.15) is 28.4 Å². The summed E-state index contributed by atoms with van der Waals surface area (Å²) in [5, 5.41) is 29.1. The quantitative estimate of drug-likeness (QED) is 0.789. The Morgan fingerprint density at radius 3 is 2.45 bits per heavy atom. The summed E-state index contributed by atoms with van der Waals surface area (Å²) in [6.07, 6.45) is -0.589. The molecular formula is C16H14O6. The van der Waals surface area contributed by atoms with Crippen LogP contribution >= 0.6 is 0 Å². The number of ketones is 1. The first-order chi connectivity index (χ1) is 10.5. The van der Waals surface area contributed by atoms with Crippen molar-refractivity contribution in [3.8, 4) is 28.7 Å². The topological polar surface area (TPSA) is 96.2 Å². The molecule has 1 aliphatic heterocycles. The van der Waals surface area contributed by atoms with Crippen LogP contribution in [0.25, 0.3) is 0 Å². The molecule has 22 heavy (non-hydrogen) atoms. The Hall–Kier alpha value is -2.89. The van der Waals surface area contributed by atoms with Gasteiger partial charge in [-0.3, -0.25) is 4.79 Å². The molecule has 0 amide bonds. The van der Waals surface area contributed by atoms with Crippen LogP contribution < -0.4 is 9.47 Å². The monoisotopic (exact) mass is 302 g/mol. The van der Waals surface area contributed by atoms with E-state index in [0.29, 0.717) is 16.9 Å². The van der Waals surface area contributed by atoms with Crippen LogP contribution in [0.3, 0.4) is 0 Å². The van der Waals surface area contributed by atoms with Gasteiger partial charge in [-0.25, -0.2) is 0 Å². The Balaban J connectivity index is 1.98. The number of hydrogen-bond donors (Lipinski definition) is 3. The lowest BCUT2D eigenvalue weighted by atomic mass is 9.95. The second-order valence-electron chi connectivity index (χ2n) is 5.01. The number of fused-ring (bicyclic) bond motifs is 1. The van der Waals surface area contributed by atoms with Gasteiger partial charge in [-0.15, -0.1) is 0 Å². The summed E-state index contributed by atoms with van der Waals surface area (Å²) in [6, 6.07) is 7.08. The van der Waals surface area contributed by atoms with E-state index < -0.39 is 6.10 Å². The van der Waals surface area contributed by atoms with Crippen molar-refractivity contribution < 1.29 is 29.6 Å². The van der Waals surface area contributed by atoms with Gasteiger partial charge >= 0.3 is 0 Å². The van der Waals surface area contributed by atoms with Gasteiger partial charge in [0.05, 0.1) is 19.1 Å². The molecule has 0 aliphatic carbocycles. The SMILES string of the molecule is COc1c(O)cc([C@H]2CC(=O)c3cc(O)ccc3O2)cc1O. The van der Waals surface area contributed by atoms with Gasteiger partial charge in [-0.1, -0.05) is 0 Å². The summed E-state index contributed by atoms with van der Waals surface area (Å²) in [4.78, 5) is 12.2. The third kappa shape index (κ3) is 2.28. The molecule has 1 heterocycles. The highest BCUT2D eigenvalue weighted by atomic mass is 16.5. The van der Waals surface area contributed by atoms with Gasteiger partial charge in [0, 0.05) is 5.56 Å². The van der Waals surface area contributed by atoms with E-state index in [-0.39, 0.29) is 35.2 Å². The molecular weight excluding hydrogens is 288 g/mol. The van der Waals surface area contributed by atoms with E-state index in [4.69, 9.17) is 9.47 Å². The van der Waals surface area contributed by atoms with Crippen molar-refractivity contribution in [2.75, 3.05) is 7.11 Å². The molecule has 0 saturated carbocycles. The maximum atomic E-state index is 12.2. The fourth-order valence-corrected chi connectivity index (χ4v) is 2.51. The molecule has 0 aromatic heterocycles. The molecule has 6 nitrogen and oxygen atoms in total. The minimum Gasteiger partial charge on any atom is -0.508 e. The largest absolute Gasteiger partial charge is 0.508 e. The first kappa shape index (κ1) is 14.1. The third-order valence-corrected chi connectivity index (χ3v) is 3.55. The van der Waals surface area contributed by atoms with Gasteiger partial charge in [0.25, 0.3) is 0 Å². The van der Waals surface area contributed by atoms with Crippen LogP contribution in [0.5, 0.6) is 28.7 Å². The van der Waals surface area contributed by atoms with Gasteiger partial charge in [0.1, 0.15) is 17.6 Å². The van der Waals surface area contributed by atoms with E-state index in [1.165, 1.54) is 37.4 Å². The van der Waals surface area contributed by atoms with E-state index >= 15 is 0 Å². The Labute approximate surface area is 126 Å². The average Bonchev–Trinajstić information content (AvgIpc) is 2.47. The Morgan fingerprint density at radius 1 is 1.14 bits per heavy atom. The molecule has 2 aromatic carbocycles. The van der Waals surface area contributed by atoms with Crippen molar-refractivity contribution in [3.63, 3.8) is 0 Å². The summed E-state index contributed by atoms with van der Waals surface area (Å²) >= 11 is 0. The van der Waals surface area contributed by atoms with Crippen molar-refractivity contribution in [2.24, 2.45) is 0 Å². The summed E-state index contributed by atoms with van der Waals surface area (Å²) < 4.78 is 10.6. The molecule has 114 valence electrons. The number of ether oxygens (including phenoxy) is 2. The number of benzene rings is 2. The zero-order valence-electron chi connectivity index (χ0n) is 11.7. The number of Topliss-reactive ketones (excluding diaryl/α,β-unsaturated/α-hetero) is 1. The molecule has 6 heteroatoms. The highest BCUT2D eigenvalue weighted by Gasteiger charge is 2.29. The maximum Gasteiger partial charge on any atom is 0.202 e. The fourth-order valence-electron chi connectivity index (χ4n) is 2.51. The van der Waals surface area contributed by atoms with Gasteiger partial charge in [0.15, 0.2) is 17.3 Å². The predicted octanol–water partition coefficient (Wildman–Crippen LogP) is 2.52. The standard InChI is InChI=1S/C16H14O6/c1-21-16-12(19)4-8(5-13(16)20)15-7-11(18)10-6-9(17)2-3-14(10)22-15/h2-6,15,17,19-20H,7H2,1H3/t15-/m1/s1. The van der Waals surface area contributed by atoms with Crippen LogP contribution in [-0.2, 0) is 0 Å². The Kier molecular flexibility index (Phi) is 3.29. The summed E-state index contributed by atoms with van der Waals surface area (Å²) in [5.41, 5.74) is 0.779. The highest BCUT2D eigenvalue weighted by Crippen LogP contribution is 2.42. The summed E-state index contributed by atoms with van der Waals surface area (Å²) in [5.74, 6) is -0.328.